The molecular formula is C10H16N4O2. The van der Waals surface area contributed by atoms with Crippen LogP contribution in [0.3, 0.4) is 0 Å². The van der Waals surface area contributed by atoms with Crippen molar-refractivity contribution in [2.45, 2.75) is 12.0 Å². The van der Waals surface area contributed by atoms with Gasteiger partial charge in [-0.25, -0.2) is 10.8 Å². The van der Waals surface area contributed by atoms with Gasteiger partial charge in [0.2, 0.25) is 0 Å². The first-order valence-corrected chi connectivity index (χ1v) is 5.19. The average molecular weight is 224 g/mol. The first-order chi connectivity index (χ1) is 7.72. The Hall–Kier alpha value is -1.37. The van der Waals surface area contributed by atoms with E-state index in [9.17, 15) is 5.11 Å². The summed E-state index contributed by atoms with van der Waals surface area (Å²) in [5, 5.41) is 13.2. The fourth-order valence-corrected chi connectivity index (χ4v) is 1.62. The number of hydrogen-bond acceptors (Lipinski definition) is 6. The highest BCUT2D eigenvalue weighted by Gasteiger charge is 2.31. The lowest BCUT2D eigenvalue weighted by Crippen LogP contribution is -2.37. The van der Waals surface area contributed by atoms with Gasteiger partial charge in [0.25, 0.3) is 0 Å². The maximum atomic E-state index is 10.0. The van der Waals surface area contributed by atoms with Crippen LogP contribution in [-0.4, -0.2) is 35.5 Å². The van der Waals surface area contributed by atoms with Gasteiger partial charge in [0.15, 0.2) is 0 Å². The molecule has 0 aliphatic carbocycles. The van der Waals surface area contributed by atoms with Crippen molar-refractivity contribution in [2.24, 2.45) is 5.84 Å². The maximum absolute atomic E-state index is 10.0. The number of nitrogens with one attached hydrogen (secondary N) is 2. The first-order valence-electron chi connectivity index (χ1n) is 5.19. The van der Waals surface area contributed by atoms with Crippen LogP contribution in [-0.2, 0) is 4.74 Å². The van der Waals surface area contributed by atoms with Crippen LogP contribution in [0.15, 0.2) is 18.3 Å². The lowest BCUT2D eigenvalue weighted by atomic mass is 10.0. The summed E-state index contributed by atoms with van der Waals surface area (Å²) >= 11 is 0. The van der Waals surface area contributed by atoms with E-state index < -0.39 is 5.60 Å². The number of hydrogen-bond donors (Lipinski definition) is 4. The summed E-state index contributed by atoms with van der Waals surface area (Å²) in [5.41, 5.74) is 2.57. The molecule has 0 spiro atoms. The van der Waals surface area contributed by atoms with Crippen molar-refractivity contribution in [3.63, 3.8) is 0 Å². The van der Waals surface area contributed by atoms with Gasteiger partial charge in [0.1, 0.15) is 11.4 Å². The smallest absolute Gasteiger partial charge is 0.141 e. The summed E-state index contributed by atoms with van der Waals surface area (Å²) in [6.45, 7) is 1.46. The van der Waals surface area contributed by atoms with E-state index >= 15 is 0 Å². The van der Waals surface area contributed by atoms with Crippen LogP contribution in [0.4, 0.5) is 11.5 Å². The van der Waals surface area contributed by atoms with Crippen molar-refractivity contribution >= 4 is 11.5 Å². The highest BCUT2D eigenvalue weighted by atomic mass is 16.5. The van der Waals surface area contributed by atoms with E-state index in [2.05, 4.69) is 15.7 Å². The molecule has 1 saturated heterocycles. The predicted molar refractivity (Wildman–Crippen MR) is 60.9 cm³/mol. The van der Waals surface area contributed by atoms with Gasteiger partial charge in [-0.05, 0) is 6.07 Å². The van der Waals surface area contributed by atoms with Crippen molar-refractivity contribution in [3.8, 4) is 0 Å². The molecule has 1 aliphatic heterocycles. The Morgan fingerprint density at radius 2 is 2.50 bits per heavy atom. The molecule has 88 valence electrons. The van der Waals surface area contributed by atoms with E-state index in [1.807, 2.05) is 6.07 Å². The molecule has 1 unspecified atom stereocenters. The molecule has 2 rings (SSSR count). The Morgan fingerprint density at radius 1 is 1.62 bits per heavy atom. The summed E-state index contributed by atoms with van der Waals surface area (Å²) in [6.07, 6.45) is 2.31. The Morgan fingerprint density at radius 3 is 3.19 bits per heavy atom. The third kappa shape index (κ3) is 2.60. The second-order valence-corrected chi connectivity index (χ2v) is 3.95. The van der Waals surface area contributed by atoms with Gasteiger partial charge in [-0.3, -0.25) is 0 Å². The molecule has 1 aliphatic rings. The molecule has 0 bridgehead atoms. The first kappa shape index (κ1) is 11.1. The van der Waals surface area contributed by atoms with Crippen molar-refractivity contribution in [1.82, 2.24) is 4.98 Å². The van der Waals surface area contributed by atoms with E-state index in [4.69, 9.17) is 10.6 Å². The zero-order valence-corrected chi connectivity index (χ0v) is 8.94. The van der Waals surface area contributed by atoms with E-state index in [1.54, 1.807) is 12.3 Å². The predicted octanol–water partition coefficient (Wildman–Crippen LogP) is -0.0695. The minimum absolute atomic E-state index is 0.382. The Kier molecular flexibility index (Phi) is 3.23. The third-order valence-corrected chi connectivity index (χ3v) is 2.61. The second kappa shape index (κ2) is 4.65. The number of anilines is 2. The van der Waals surface area contributed by atoms with Gasteiger partial charge in [-0.2, -0.15) is 0 Å². The number of aliphatic hydroxyl groups is 1. The lowest BCUT2D eigenvalue weighted by Gasteiger charge is -2.21. The van der Waals surface area contributed by atoms with Gasteiger partial charge in [0, 0.05) is 37.5 Å². The van der Waals surface area contributed by atoms with Gasteiger partial charge in [-0.1, -0.05) is 0 Å². The van der Waals surface area contributed by atoms with Crippen molar-refractivity contribution < 1.29 is 9.84 Å². The molecule has 0 saturated carbocycles. The summed E-state index contributed by atoms with van der Waals surface area (Å²) in [7, 11) is 0. The van der Waals surface area contributed by atoms with E-state index in [0.29, 0.717) is 32.0 Å². The zero-order valence-electron chi connectivity index (χ0n) is 8.94. The Bertz CT molecular complexity index is 352. The molecule has 0 amide bonds. The second-order valence-electron chi connectivity index (χ2n) is 3.95. The highest BCUT2D eigenvalue weighted by Crippen LogP contribution is 2.19. The fraction of sp³-hybridized carbons (Fsp3) is 0.500. The van der Waals surface area contributed by atoms with Crippen LogP contribution in [0.5, 0.6) is 0 Å². The molecule has 16 heavy (non-hydrogen) atoms. The molecule has 5 N–H and O–H groups in total. The standard InChI is InChI=1S/C10H16N4O2/c11-14-9-5-8(1-3-12-9)13-6-10(15)2-4-16-7-10/h1,3,5,15H,2,4,6-7,11H2,(H2,12,13,14). The summed E-state index contributed by atoms with van der Waals surface area (Å²) < 4.78 is 5.16. The topological polar surface area (TPSA) is 92.4 Å². The summed E-state index contributed by atoms with van der Waals surface area (Å²) in [4.78, 5) is 3.99. The molecule has 0 radical (unpaired) electrons. The monoisotopic (exact) mass is 224 g/mol. The number of pyridine rings is 1. The summed E-state index contributed by atoms with van der Waals surface area (Å²) in [6, 6.07) is 3.60. The Balaban J connectivity index is 1.93. The molecule has 6 heteroatoms. The van der Waals surface area contributed by atoms with Gasteiger partial charge in [0.05, 0.1) is 6.61 Å². The quantitative estimate of drug-likeness (QED) is 0.422. The van der Waals surface area contributed by atoms with Crippen molar-refractivity contribution in [2.75, 3.05) is 30.5 Å². The lowest BCUT2D eigenvalue weighted by molar-refractivity contribution is 0.0382. The van der Waals surface area contributed by atoms with Crippen molar-refractivity contribution in [3.05, 3.63) is 18.3 Å². The number of nitrogen functional groups attached to an aromatic ring is 1. The van der Waals surface area contributed by atoms with Crippen LogP contribution in [0.1, 0.15) is 6.42 Å². The largest absolute Gasteiger partial charge is 0.386 e. The van der Waals surface area contributed by atoms with E-state index in [0.717, 1.165) is 5.69 Å². The SMILES string of the molecule is NNc1cc(NCC2(O)CCOC2)ccn1. The molecule has 1 atom stereocenters. The minimum Gasteiger partial charge on any atom is -0.386 e. The number of rotatable bonds is 4. The highest BCUT2D eigenvalue weighted by molar-refractivity contribution is 5.51. The normalized spacial score (nSPS) is 24.4. The van der Waals surface area contributed by atoms with E-state index in [-0.39, 0.29) is 0 Å². The third-order valence-electron chi connectivity index (χ3n) is 2.61. The molecular weight excluding hydrogens is 208 g/mol. The molecule has 6 nitrogen and oxygen atoms in total. The van der Waals surface area contributed by atoms with Gasteiger partial charge in [-0.15, -0.1) is 0 Å². The van der Waals surface area contributed by atoms with Crippen LogP contribution in [0, 0.1) is 0 Å². The van der Waals surface area contributed by atoms with Crippen molar-refractivity contribution in [1.29, 1.82) is 0 Å². The van der Waals surface area contributed by atoms with Crippen LogP contribution < -0.4 is 16.6 Å². The Labute approximate surface area is 93.8 Å². The molecule has 1 fully saturated rings. The van der Waals surface area contributed by atoms with Gasteiger partial charge >= 0.3 is 0 Å². The maximum Gasteiger partial charge on any atom is 0.141 e. The number of nitrogens with two attached hydrogens (primary N) is 1. The molecule has 1 aromatic rings. The fourth-order valence-electron chi connectivity index (χ4n) is 1.62. The van der Waals surface area contributed by atoms with E-state index in [1.165, 1.54) is 0 Å². The molecule has 2 heterocycles. The average Bonchev–Trinajstić information content (AvgIpc) is 2.75. The number of nitrogens with zero attached hydrogens (tertiary/aromatic N) is 1. The number of hydrazine groups is 1. The minimum atomic E-state index is -0.764. The van der Waals surface area contributed by atoms with Crippen LogP contribution in [0.25, 0.3) is 0 Å². The van der Waals surface area contributed by atoms with Crippen LogP contribution in [0.2, 0.25) is 0 Å². The zero-order chi connectivity index (χ0) is 11.4. The van der Waals surface area contributed by atoms with Gasteiger partial charge < -0.3 is 20.6 Å². The number of aromatic nitrogens is 1. The van der Waals surface area contributed by atoms with Crippen LogP contribution >= 0.6 is 0 Å². The number of ether oxygens (including phenoxy) is 1. The molecule has 1 aromatic heterocycles. The summed E-state index contributed by atoms with van der Waals surface area (Å²) in [5.74, 6) is 5.84. The molecule has 0 aromatic carbocycles.